The van der Waals surface area contributed by atoms with E-state index in [9.17, 15) is 18.8 Å². The van der Waals surface area contributed by atoms with Crippen molar-refractivity contribution in [1.82, 2.24) is 9.80 Å². The second kappa shape index (κ2) is 6.82. The molecule has 2 fully saturated rings. The van der Waals surface area contributed by atoms with E-state index in [1.807, 2.05) is 13.8 Å². The highest BCUT2D eigenvalue weighted by Crippen LogP contribution is 2.51. The van der Waals surface area contributed by atoms with E-state index in [1.54, 1.807) is 24.0 Å². The lowest BCUT2D eigenvalue weighted by atomic mass is 9.67. The minimum atomic E-state index is -0.835. The van der Waals surface area contributed by atoms with Gasteiger partial charge in [-0.1, -0.05) is 26.0 Å². The van der Waals surface area contributed by atoms with Crippen LogP contribution < -0.4 is 0 Å². The van der Waals surface area contributed by atoms with Gasteiger partial charge in [0.2, 0.25) is 17.7 Å². The lowest BCUT2D eigenvalue weighted by Crippen LogP contribution is -2.49. The Kier molecular flexibility index (Phi) is 4.86. The molecule has 6 heteroatoms. The molecule has 1 spiro atoms. The van der Waals surface area contributed by atoms with Crippen molar-refractivity contribution >= 4 is 17.7 Å². The molecule has 2 saturated heterocycles. The number of rotatable bonds is 3. The molecule has 1 aromatic rings. The van der Waals surface area contributed by atoms with Gasteiger partial charge in [-0.25, -0.2) is 4.39 Å². The molecule has 0 bridgehead atoms. The maximum atomic E-state index is 13.3. The van der Waals surface area contributed by atoms with Gasteiger partial charge in [-0.3, -0.25) is 19.3 Å². The van der Waals surface area contributed by atoms with Gasteiger partial charge in [0.15, 0.2) is 0 Å². The van der Waals surface area contributed by atoms with Crippen LogP contribution in [0.5, 0.6) is 0 Å². The zero-order valence-electron chi connectivity index (χ0n) is 15.5. The fraction of sp³-hybridized carbons (Fsp3) is 0.550. The third-order valence-corrected chi connectivity index (χ3v) is 5.72. The highest BCUT2D eigenvalue weighted by molar-refractivity contribution is 6.10. The van der Waals surface area contributed by atoms with Crippen LogP contribution in [0.25, 0.3) is 0 Å². The summed E-state index contributed by atoms with van der Waals surface area (Å²) in [4.78, 5) is 41.4. The molecule has 26 heavy (non-hydrogen) atoms. The average Bonchev–Trinajstić information content (AvgIpc) is 2.82. The molecule has 3 amide bonds. The number of hydrogen-bond donors (Lipinski definition) is 0. The van der Waals surface area contributed by atoms with Gasteiger partial charge in [-0.15, -0.1) is 0 Å². The van der Waals surface area contributed by atoms with Crippen molar-refractivity contribution in [1.29, 1.82) is 0 Å². The Morgan fingerprint density at radius 3 is 2.27 bits per heavy atom. The number of amides is 3. The van der Waals surface area contributed by atoms with Crippen molar-refractivity contribution in [2.75, 3.05) is 19.6 Å². The molecule has 2 aliphatic rings. The summed E-state index contributed by atoms with van der Waals surface area (Å²) in [5.41, 5.74) is -0.164. The smallest absolute Gasteiger partial charge is 0.237 e. The first-order valence-corrected chi connectivity index (χ1v) is 9.22. The Hall–Kier alpha value is -2.24. The minimum Gasteiger partial charge on any atom is -0.342 e. The monoisotopic (exact) mass is 360 g/mol. The van der Waals surface area contributed by atoms with Gasteiger partial charge >= 0.3 is 0 Å². The minimum absolute atomic E-state index is 0.0716. The summed E-state index contributed by atoms with van der Waals surface area (Å²) >= 11 is 0. The third kappa shape index (κ3) is 2.81. The summed E-state index contributed by atoms with van der Waals surface area (Å²) in [6.45, 7) is 6.75. The Morgan fingerprint density at radius 2 is 1.77 bits per heavy atom. The van der Waals surface area contributed by atoms with Crippen molar-refractivity contribution in [2.45, 2.75) is 39.5 Å². The number of imide groups is 1. The molecule has 2 heterocycles. The SMILES string of the molecule is CCN1C(=O)[C@@H](c2ccc(F)cc2)C2(CCN(C(=O)C(C)C)CC2)C1=O. The fourth-order valence-corrected chi connectivity index (χ4v) is 4.29. The Labute approximate surface area is 153 Å². The number of likely N-dealkylation sites (tertiary alicyclic amines) is 2. The lowest BCUT2D eigenvalue weighted by Gasteiger charge is -2.41. The predicted octanol–water partition coefficient (Wildman–Crippen LogP) is 2.56. The Bertz CT molecular complexity index is 721. The maximum absolute atomic E-state index is 13.3. The van der Waals surface area contributed by atoms with E-state index in [-0.39, 0.29) is 29.5 Å². The third-order valence-electron chi connectivity index (χ3n) is 5.72. The average molecular weight is 360 g/mol. The molecule has 0 aromatic heterocycles. The lowest BCUT2D eigenvalue weighted by molar-refractivity contribution is -0.145. The maximum Gasteiger partial charge on any atom is 0.237 e. The molecule has 5 nitrogen and oxygen atoms in total. The van der Waals surface area contributed by atoms with E-state index in [2.05, 4.69) is 0 Å². The van der Waals surface area contributed by atoms with Gasteiger partial charge in [0.25, 0.3) is 0 Å². The first-order chi connectivity index (χ1) is 12.3. The number of likely N-dealkylation sites (N-methyl/N-ethyl adjacent to an activating group) is 1. The van der Waals surface area contributed by atoms with Gasteiger partial charge in [0, 0.05) is 25.6 Å². The highest BCUT2D eigenvalue weighted by Gasteiger charge is 2.60. The van der Waals surface area contributed by atoms with Crippen molar-refractivity contribution in [2.24, 2.45) is 11.3 Å². The highest BCUT2D eigenvalue weighted by atomic mass is 19.1. The van der Waals surface area contributed by atoms with Crippen LogP contribution in [-0.2, 0) is 14.4 Å². The van der Waals surface area contributed by atoms with Crippen LogP contribution >= 0.6 is 0 Å². The number of piperidine rings is 1. The van der Waals surface area contributed by atoms with E-state index in [4.69, 9.17) is 0 Å². The van der Waals surface area contributed by atoms with Crippen LogP contribution in [0.1, 0.15) is 45.1 Å². The van der Waals surface area contributed by atoms with Gasteiger partial charge in [0.1, 0.15) is 5.82 Å². The van der Waals surface area contributed by atoms with E-state index in [0.29, 0.717) is 38.0 Å². The van der Waals surface area contributed by atoms with E-state index < -0.39 is 11.3 Å². The molecule has 1 atom stereocenters. The molecular weight excluding hydrogens is 335 g/mol. The molecule has 0 aliphatic carbocycles. The van der Waals surface area contributed by atoms with E-state index >= 15 is 0 Å². The van der Waals surface area contributed by atoms with Crippen LogP contribution in [-0.4, -0.2) is 47.2 Å². The first kappa shape index (κ1) is 18.5. The number of halogens is 1. The Morgan fingerprint density at radius 1 is 1.19 bits per heavy atom. The number of benzene rings is 1. The molecule has 1 aromatic carbocycles. The largest absolute Gasteiger partial charge is 0.342 e. The molecule has 0 N–H and O–H groups in total. The van der Waals surface area contributed by atoms with Gasteiger partial charge in [-0.05, 0) is 37.5 Å². The van der Waals surface area contributed by atoms with Crippen LogP contribution in [0.15, 0.2) is 24.3 Å². The summed E-state index contributed by atoms with van der Waals surface area (Å²) in [7, 11) is 0. The zero-order chi connectivity index (χ0) is 19.1. The summed E-state index contributed by atoms with van der Waals surface area (Å²) in [6, 6.07) is 5.84. The van der Waals surface area contributed by atoms with Crippen LogP contribution in [0, 0.1) is 17.2 Å². The number of nitrogens with zero attached hydrogens (tertiary/aromatic N) is 2. The van der Waals surface area contributed by atoms with E-state index in [1.165, 1.54) is 17.0 Å². The number of carbonyl (C=O) groups is 3. The van der Waals surface area contributed by atoms with E-state index in [0.717, 1.165) is 0 Å². The molecule has 3 rings (SSSR count). The number of carbonyl (C=O) groups excluding carboxylic acids is 3. The van der Waals surface area contributed by atoms with Crippen molar-refractivity contribution < 1.29 is 18.8 Å². The van der Waals surface area contributed by atoms with Gasteiger partial charge in [-0.2, -0.15) is 0 Å². The topological polar surface area (TPSA) is 57.7 Å². The van der Waals surface area contributed by atoms with Crippen molar-refractivity contribution in [3.05, 3.63) is 35.6 Å². The van der Waals surface area contributed by atoms with Crippen LogP contribution in [0.3, 0.4) is 0 Å². The quantitative estimate of drug-likeness (QED) is 0.779. The predicted molar refractivity (Wildman–Crippen MR) is 94.6 cm³/mol. The summed E-state index contributed by atoms with van der Waals surface area (Å²) in [5.74, 6) is -1.37. The van der Waals surface area contributed by atoms with Crippen molar-refractivity contribution in [3.8, 4) is 0 Å². The van der Waals surface area contributed by atoms with Gasteiger partial charge in [0.05, 0.1) is 11.3 Å². The molecule has 0 unspecified atom stereocenters. The summed E-state index contributed by atoms with van der Waals surface area (Å²) < 4.78 is 13.3. The molecular formula is C20H25FN2O3. The summed E-state index contributed by atoms with van der Waals surface area (Å²) in [6.07, 6.45) is 0.906. The first-order valence-electron chi connectivity index (χ1n) is 9.22. The molecule has 2 aliphatic heterocycles. The molecule has 0 radical (unpaired) electrons. The standard InChI is InChI=1S/C20H25FN2O3/c1-4-23-18(25)16(14-5-7-15(21)8-6-14)20(19(23)26)9-11-22(12-10-20)17(24)13(2)3/h5-8,13,16H,4,9-12H2,1-3H3/t16-/m1/s1. The second-order valence-electron chi connectivity index (χ2n) is 7.51. The fourth-order valence-electron chi connectivity index (χ4n) is 4.29. The zero-order valence-corrected chi connectivity index (χ0v) is 15.5. The second-order valence-corrected chi connectivity index (χ2v) is 7.51. The molecule has 0 saturated carbocycles. The van der Waals surface area contributed by atoms with Crippen molar-refractivity contribution in [3.63, 3.8) is 0 Å². The summed E-state index contributed by atoms with van der Waals surface area (Å²) in [5, 5.41) is 0. The normalized spacial score (nSPS) is 22.6. The number of hydrogen-bond acceptors (Lipinski definition) is 3. The van der Waals surface area contributed by atoms with Crippen LogP contribution in [0.2, 0.25) is 0 Å². The van der Waals surface area contributed by atoms with Gasteiger partial charge < -0.3 is 4.90 Å². The Balaban J connectivity index is 1.94. The van der Waals surface area contributed by atoms with Crippen LogP contribution in [0.4, 0.5) is 4.39 Å². The molecule has 140 valence electrons.